The van der Waals surface area contributed by atoms with E-state index in [1.54, 1.807) is 0 Å². The minimum Gasteiger partial charge on any atom is -0.310 e. The zero-order chi connectivity index (χ0) is 30.5. The van der Waals surface area contributed by atoms with Crippen LogP contribution >= 0.6 is 11.3 Å². The van der Waals surface area contributed by atoms with Crippen LogP contribution in [0.3, 0.4) is 0 Å². The second-order valence-electron chi connectivity index (χ2n) is 11.7. The number of thiophene rings is 1. The Kier molecular flexibility index (Phi) is 6.40. The molecule has 9 aromatic rings. The first-order chi connectivity index (χ1) is 22.8. The van der Waals surface area contributed by atoms with Gasteiger partial charge in [-0.05, 0) is 69.4 Å². The zero-order valence-corrected chi connectivity index (χ0v) is 25.9. The topological polar surface area (TPSA) is 3.24 Å². The first kappa shape index (κ1) is 26.7. The van der Waals surface area contributed by atoms with Crippen molar-refractivity contribution < 1.29 is 0 Å². The lowest BCUT2D eigenvalue weighted by Gasteiger charge is -2.27. The Balaban J connectivity index is 1.36. The minimum atomic E-state index is 1.13. The molecule has 0 saturated carbocycles. The van der Waals surface area contributed by atoms with Crippen LogP contribution < -0.4 is 4.90 Å². The van der Waals surface area contributed by atoms with Crippen molar-refractivity contribution in [1.82, 2.24) is 0 Å². The molecule has 0 aliphatic heterocycles. The third-order valence-electron chi connectivity index (χ3n) is 9.03. The monoisotopic (exact) mass is 603 g/mol. The van der Waals surface area contributed by atoms with E-state index >= 15 is 0 Å². The Labute approximate surface area is 272 Å². The molecule has 216 valence electrons. The van der Waals surface area contributed by atoms with E-state index in [2.05, 4.69) is 181 Å². The van der Waals surface area contributed by atoms with Crippen LogP contribution in [0.5, 0.6) is 0 Å². The van der Waals surface area contributed by atoms with E-state index in [0.29, 0.717) is 0 Å². The molecule has 1 heterocycles. The zero-order valence-electron chi connectivity index (χ0n) is 25.1. The molecule has 1 aromatic heterocycles. The largest absolute Gasteiger partial charge is 0.310 e. The van der Waals surface area contributed by atoms with Gasteiger partial charge < -0.3 is 4.90 Å². The van der Waals surface area contributed by atoms with Crippen LogP contribution in [0.15, 0.2) is 176 Å². The SMILES string of the molecule is c1ccc(-c2cccc(N(c3ccccc3)c3cc4c(sc5cccc(-c6cccc7ccccc67)c54)c4ccccc34)c2)cc1. The molecule has 0 saturated heterocycles. The van der Waals surface area contributed by atoms with Crippen molar-refractivity contribution in [1.29, 1.82) is 0 Å². The van der Waals surface area contributed by atoms with Crippen LogP contribution in [0.2, 0.25) is 0 Å². The highest BCUT2D eigenvalue weighted by molar-refractivity contribution is 7.26. The van der Waals surface area contributed by atoms with E-state index in [0.717, 1.165) is 11.4 Å². The van der Waals surface area contributed by atoms with Crippen LogP contribution in [-0.4, -0.2) is 0 Å². The number of rotatable bonds is 5. The highest BCUT2D eigenvalue weighted by Crippen LogP contribution is 2.49. The van der Waals surface area contributed by atoms with E-state index in [9.17, 15) is 0 Å². The number of benzene rings is 8. The van der Waals surface area contributed by atoms with Crippen molar-refractivity contribution in [3.8, 4) is 22.3 Å². The van der Waals surface area contributed by atoms with Gasteiger partial charge in [0.1, 0.15) is 0 Å². The standard InChI is InChI=1S/C44H29NS/c1-3-14-30(15-4-1)32-18-11-21-34(28-32)45(33-19-5-2-6-20-33)41-29-40-43-38(36-25-12-17-31-16-7-8-22-35(31)36)26-13-27-42(43)46-44(40)39-24-10-9-23-37(39)41/h1-29H. The van der Waals surface area contributed by atoms with Gasteiger partial charge in [-0.15, -0.1) is 11.3 Å². The molecule has 46 heavy (non-hydrogen) atoms. The van der Waals surface area contributed by atoms with Crippen molar-refractivity contribution in [2.75, 3.05) is 4.90 Å². The number of fused-ring (bicyclic) bond motifs is 6. The van der Waals surface area contributed by atoms with Crippen LogP contribution in [0.25, 0.3) is 64.0 Å². The van der Waals surface area contributed by atoms with Gasteiger partial charge in [0, 0.05) is 42.3 Å². The summed E-state index contributed by atoms with van der Waals surface area (Å²) >= 11 is 1.90. The maximum absolute atomic E-state index is 2.44. The fourth-order valence-electron chi connectivity index (χ4n) is 6.96. The van der Waals surface area contributed by atoms with Crippen LogP contribution in [0, 0.1) is 0 Å². The molecule has 0 amide bonds. The third kappa shape index (κ3) is 4.38. The molecule has 0 atom stereocenters. The molecular formula is C44H29NS. The summed E-state index contributed by atoms with van der Waals surface area (Å²) in [6, 6.07) is 63.8. The molecule has 0 N–H and O–H groups in total. The van der Waals surface area contributed by atoms with Gasteiger partial charge in [0.25, 0.3) is 0 Å². The van der Waals surface area contributed by atoms with E-state index < -0.39 is 0 Å². The second kappa shape index (κ2) is 11.0. The highest BCUT2D eigenvalue weighted by atomic mass is 32.1. The lowest BCUT2D eigenvalue weighted by atomic mass is 9.93. The number of para-hydroxylation sites is 1. The summed E-state index contributed by atoms with van der Waals surface area (Å²) in [7, 11) is 0. The molecule has 0 radical (unpaired) electrons. The normalized spacial score (nSPS) is 11.5. The van der Waals surface area contributed by atoms with Crippen LogP contribution in [0.4, 0.5) is 17.1 Å². The van der Waals surface area contributed by atoms with Gasteiger partial charge in [0.15, 0.2) is 0 Å². The molecule has 1 nitrogen and oxygen atoms in total. The van der Waals surface area contributed by atoms with Crippen molar-refractivity contribution >= 4 is 70.1 Å². The van der Waals surface area contributed by atoms with Gasteiger partial charge in [-0.2, -0.15) is 0 Å². The summed E-state index contributed by atoms with van der Waals surface area (Å²) in [4.78, 5) is 2.43. The van der Waals surface area contributed by atoms with Gasteiger partial charge in [-0.3, -0.25) is 0 Å². The molecular weight excluding hydrogens is 575 g/mol. The van der Waals surface area contributed by atoms with Gasteiger partial charge in [-0.1, -0.05) is 140 Å². The summed E-state index contributed by atoms with van der Waals surface area (Å²) in [6.07, 6.45) is 0. The van der Waals surface area contributed by atoms with E-state index in [1.807, 2.05) is 11.3 Å². The summed E-state index contributed by atoms with van der Waals surface area (Å²) < 4.78 is 2.63. The number of anilines is 3. The Hall–Kier alpha value is -5.70. The molecule has 0 aliphatic carbocycles. The first-order valence-corrected chi connectivity index (χ1v) is 16.5. The van der Waals surface area contributed by atoms with Crippen molar-refractivity contribution in [3.63, 3.8) is 0 Å². The molecule has 2 heteroatoms. The lowest BCUT2D eigenvalue weighted by Crippen LogP contribution is -2.10. The van der Waals surface area contributed by atoms with Gasteiger partial charge in [0.2, 0.25) is 0 Å². The minimum absolute atomic E-state index is 1.13. The Morgan fingerprint density at radius 3 is 1.85 bits per heavy atom. The Bertz CT molecular complexity index is 2520. The summed E-state index contributed by atoms with van der Waals surface area (Å²) in [5.74, 6) is 0. The smallest absolute Gasteiger partial charge is 0.0547 e. The number of hydrogen-bond acceptors (Lipinski definition) is 2. The van der Waals surface area contributed by atoms with Gasteiger partial charge in [-0.25, -0.2) is 0 Å². The van der Waals surface area contributed by atoms with E-state index in [-0.39, 0.29) is 0 Å². The fourth-order valence-corrected chi connectivity index (χ4v) is 8.21. The van der Waals surface area contributed by atoms with Crippen LogP contribution in [-0.2, 0) is 0 Å². The predicted octanol–water partition coefficient (Wildman–Crippen LogP) is 13.2. The third-order valence-corrected chi connectivity index (χ3v) is 10.2. The van der Waals surface area contributed by atoms with Gasteiger partial charge >= 0.3 is 0 Å². The quantitative estimate of drug-likeness (QED) is 0.189. The Morgan fingerprint density at radius 2 is 1.00 bits per heavy atom. The van der Waals surface area contributed by atoms with E-state index in [1.165, 1.54) is 69.7 Å². The van der Waals surface area contributed by atoms with Gasteiger partial charge in [0.05, 0.1) is 5.69 Å². The molecule has 8 aromatic carbocycles. The predicted molar refractivity (Wildman–Crippen MR) is 200 cm³/mol. The molecule has 0 bridgehead atoms. The molecule has 0 fully saturated rings. The molecule has 0 unspecified atom stereocenters. The summed E-state index contributed by atoms with van der Waals surface area (Å²) in [6.45, 7) is 0. The van der Waals surface area contributed by atoms with Crippen molar-refractivity contribution in [3.05, 3.63) is 176 Å². The maximum atomic E-state index is 2.44. The second-order valence-corrected chi connectivity index (χ2v) is 12.8. The highest BCUT2D eigenvalue weighted by Gasteiger charge is 2.21. The lowest BCUT2D eigenvalue weighted by molar-refractivity contribution is 1.30. The number of nitrogens with zero attached hydrogens (tertiary/aromatic N) is 1. The van der Waals surface area contributed by atoms with Crippen molar-refractivity contribution in [2.24, 2.45) is 0 Å². The average Bonchev–Trinajstić information content (AvgIpc) is 3.52. The molecule has 0 aliphatic rings. The average molecular weight is 604 g/mol. The van der Waals surface area contributed by atoms with Crippen LogP contribution in [0.1, 0.15) is 0 Å². The number of hydrogen-bond donors (Lipinski definition) is 0. The fraction of sp³-hybridized carbons (Fsp3) is 0. The molecule has 0 spiro atoms. The summed E-state index contributed by atoms with van der Waals surface area (Å²) in [5.41, 5.74) is 8.39. The first-order valence-electron chi connectivity index (χ1n) is 15.7. The molecule has 9 rings (SSSR count). The summed E-state index contributed by atoms with van der Waals surface area (Å²) in [5, 5.41) is 7.66. The Morgan fingerprint density at radius 1 is 0.391 bits per heavy atom. The van der Waals surface area contributed by atoms with Crippen molar-refractivity contribution in [2.45, 2.75) is 0 Å². The van der Waals surface area contributed by atoms with E-state index in [4.69, 9.17) is 0 Å². The maximum Gasteiger partial charge on any atom is 0.0547 e.